The van der Waals surface area contributed by atoms with Crippen molar-refractivity contribution >= 4 is 0 Å². The molecule has 0 aliphatic heterocycles. The van der Waals surface area contributed by atoms with Crippen LogP contribution in [0, 0.1) is 0 Å². The van der Waals surface area contributed by atoms with Crippen molar-refractivity contribution in [2.24, 2.45) is 5.73 Å². The summed E-state index contributed by atoms with van der Waals surface area (Å²) in [6.45, 7) is -0.0511. The zero-order valence-corrected chi connectivity index (χ0v) is 10.4. The number of rotatable bonds is 4. The topological polar surface area (TPSA) is 55.5 Å². The van der Waals surface area contributed by atoms with Crippen LogP contribution in [0.2, 0.25) is 0 Å². The summed E-state index contributed by atoms with van der Waals surface area (Å²) in [6.07, 6.45) is 5.16. The molecular weight excluding hydrogens is 214 g/mol. The first kappa shape index (κ1) is 12.4. The van der Waals surface area contributed by atoms with E-state index < -0.39 is 0 Å². The summed E-state index contributed by atoms with van der Waals surface area (Å²) in [7, 11) is 1.64. The van der Waals surface area contributed by atoms with Crippen LogP contribution in [-0.4, -0.2) is 18.8 Å². The Morgan fingerprint density at radius 1 is 1.41 bits per heavy atom. The molecule has 1 fully saturated rings. The highest BCUT2D eigenvalue weighted by atomic mass is 16.5. The van der Waals surface area contributed by atoms with Gasteiger partial charge in [-0.1, -0.05) is 25.0 Å². The fourth-order valence-corrected chi connectivity index (χ4v) is 2.65. The van der Waals surface area contributed by atoms with Gasteiger partial charge < -0.3 is 15.6 Å². The number of hydrogen-bond acceptors (Lipinski definition) is 3. The number of aliphatic hydroxyl groups is 1. The van der Waals surface area contributed by atoms with Crippen molar-refractivity contribution in [1.29, 1.82) is 0 Å². The molecule has 0 radical (unpaired) electrons. The van der Waals surface area contributed by atoms with Crippen LogP contribution in [0.1, 0.15) is 48.8 Å². The molecular formula is C14H21NO2. The quantitative estimate of drug-likeness (QED) is 0.842. The van der Waals surface area contributed by atoms with Crippen LogP contribution in [0.15, 0.2) is 18.2 Å². The van der Waals surface area contributed by atoms with Crippen molar-refractivity contribution in [1.82, 2.24) is 0 Å². The van der Waals surface area contributed by atoms with Crippen LogP contribution in [0.5, 0.6) is 5.75 Å². The van der Waals surface area contributed by atoms with Crippen molar-refractivity contribution < 1.29 is 9.84 Å². The maximum Gasteiger partial charge on any atom is 0.123 e. The third kappa shape index (κ3) is 2.61. The molecule has 94 valence electrons. The summed E-state index contributed by atoms with van der Waals surface area (Å²) < 4.78 is 5.29. The molecule has 1 aromatic rings. The molecule has 17 heavy (non-hydrogen) atoms. The lowest BCUT2D eigenvalue weighted by Gasteiger charge is -2.17. The molecule has 0 spiro atoms. The number of benzene rings is 1. The first-order valence-corrected chi connectivity index (χ1v) is 6.30. The molecule has 1 aromatic carbocycles. The number of aliphatic hydroxyl groups excluding tert-OH is 1. The first-order chi connectivity index (χ1) is 8.26. The normalized spacial score (nSPS) is 18.3. The van der Waals surface area contributed by atoms with Gasteiger partial charge in [-0.15, -0.1) is 0 Å². The summed E-state index contributed by atoms with van der Waals surface area (Å²) >= 11 is 0. The van der Waals surface area contributed by atoms with Gasteiger partial charge in [-0.3, -0.25) is 0 Å². The molecule has 1 aliphatic carbocycles. The summed E-state index contributed by atoms with van der Waals surface area (Å²) in [5.41, 5.74) is 8.16. The minimum absolute atomic E-state index is 0.0511. The second kappa shape index (κ2) is 5.52. The van der Waals surface area contributed by atoms with E-state index in [9.17, 15) is 5.11 Å². The van der Waals surface area contributed by atoms with E-state index in [2.05, 4.69) is 12.1 Å². The van der Waals surface area contributed by atoms with E-state index in [1.807, 2.05) is 6.07 Å². The average molecular weight is 235 g/mol. The Hall–Kier alpha value is -1.06. The highest BCUT2D eigenvalue weighted by molar-refractivity contribution is 5.40. The van der Waals surface area contributed by atoms with Gasteiger partial charge in [0.15, 0.2) is 0 Å². The standard InChI is InChI=1S/C14H21NO2/c1-17-14-7-6-11(10-4-2-3-5-10)8-12(14)13(15)9-16/h6-8,10,13,16H,2-5,9,15H2,1H3. The fourth-order valence-electron chi connectivity index (χ4n) is 2.65. The van der Waals surface area contributed by atoms with E-state index in [-0.39, 0.29) is 12.6 Å². The Morgan fingerprint density at radius 3 is 2.71 bits per heavy atom. The molecule has 0 aromatic heterocycles. The predicted molar refractivity (Wildman–Crippen MR) is 68.2 cm³/mol. The second-order valence-electron chi connectivity index (χ2n) is 4.77. The first-order valence-electron chi connectivity index (χ1n) is 6.30. The van der Waals surface area contributed by atoms with E-state index in [0.29, 0.717) is 5.92 Å². The molecule has 0 saturated heterocycles. The molecule has 3 nitrogen and oxygen atoms in total. The van der Waals surface area contributed by atoms with Gasteiger partial charge in [-0.25, -0.2) is 0 Å². The van der Waals surface area contributed by atoms with Gasteiger partial charge in [-0.2, -0.15) is 0 Å². The number of hydrogen-bond donors (Lipinski definition) is 2. The zero-order chi connectivity index (χ0) is 12.3. The minimum Gasteiger partial charge on any atom is -0.496 e. The molecule has 3 heteroatoms. The van der Waals surface area contributed by atoms with Gasteiger partial charge >= 0.3 is 0 Å². The molecule has 0 amide bonds. The maximum atomic E-state index is 9.18. The highest BCUT2D eigenvalue weighted by Crippen LogP contribution is 2.36. The monoisotopic (exact) mass is 235 g/mol. The third-order valence-corrected chi connectivity index (χ3v) is 3.68. The van der Waals surface area contributed by atoms with E-state index in [1.165, 1.54) is 31.2 Å². The highest BCUT2D eigenvalue weighted by Gasteiger charge is 2.19. The van der Waals surface area contributed by atoms with Gasteiger partial charge in [0.1, 0.15) is 5.75 Å². The molecule has 1 unspecified atom stereocenters. The smallest absolute Gasteiger partial charge is 0.123 e. The lowest BCUT2D eigenvalue weighted by atomic mass is 9.94. The number of ether oxygens (including phenoxy) is 1. The van der Waals surface area contributed by atoms with E-state index in [4.69, 9.17) is 10.5 Å². The van der Waals surface area contributed by atoms with E-state index in [0.717, 1.165) is 11.3 Å². The van der Waals surface area contributed by atoms with Crippen molar-refractivity contribution in [2.75, 3.05) is 13.7 Å². The molecule has 1 aliphatic rings. The van der Waals surface area contributed by atoms with Crippen molar-refractivity contribution in [3.05, 3.63) is 29.3 Å². The largest absolute Gasteiger partial charge is 0.496 e. The summed E-state index contributed by atoms with van der Waals surface area (Å²) in [5.74, 6) is 1.43. The van der Waals surface area contributed by atoms with E-state index in [1.54, 1.807) is 7.11 Å². The Balaban J connectivity index is 2.30. The third-order valence-electron chi connectivity index (χ3n) is 3.68. The SMILES string of the molecule is COc1ccc(C2CCCC2)cc1C(N)CO. The molecule has 3 N–H and O–H groups in total. The summed E-state index contributed by atoms with van der Waals surface area (Å²) in [4.78, 5) is 0. The lowest BCUT2D eigenvalue weighted by Crippen LogP contribution is -2.16. The van der Waals surface area contributed by atoms with Crippen LogP contribution in [0.25, 0.3) is 0 Å². The van der Waals surface area contributed by atoms with Crippen LogP contribution in [0.4, 0.5) is 0 Å². The zero-order valence-electron chi connectivity index (χ0n) is 10.4. The van der Waals surface area contributed by atoms with Crippen LogP contribution in [0.3, 0.4) is 0 Å². The van der Waals surface area contributed by atoms with E-state index >= 15 is 0 Å². The van der Waals surface area contributed by atoms with Gasteiger partial charge in [0.05, 0.1) is 19.8 Å². The Morgan fingerprint density at radius 2 is 2.12 bits per heavy atom. The van der Waals surface area contributed by atoms with Gasteiger partial charge in [-0.05, 0) is 30.4 Å². The van der Waals surface area contributed by atoms with Crippen LogP contribution in [-0.2, 0) is 0 Å². The van der Waals surface area contributed by atoms with Gasteiger partial charge in [0, 0.05) is 5.56 Å². The second-order valence-corrected chi connectivity index (χ2v) is 4.77. The Kier molecular flexibility index (Phi) is 4.02. The van der Waals surface area contributed by atoms with Crippen molar-refractivity contribution in [2.45, 2.75) is 37.6 Å². The Labute approximate surface area is 103 Å². The lowest BCUT2D eigenvalue weighted by molar-refractivity contribution is 0.264. The minimum atomic E-state index is -0.355. The fraction of sp³-hybridized carbons (Fsp3) is 0.571. The van der Waals surface area contributed by atoms with Gasteiger partial charge in [0.25, 0.3) is 0 Å². The molecule has 1 saturated carbocycles. The molecule has 0 bridgehead atoms. The number of nitrogens with two attached hydrogens (primary N) is 1. The maximum absolute atomic E-state index is 9.18. The summed E-state index contributed by atoms with van der Waals surface area (Å²) in [5, 5.41) is 9.18. The molecule has 2 rings (SSSR count). The predicted octanol–water partition coefficient (Wildman–Crippen LogP) is 2.34. The van der Waals surface area contributed by atoms with Crippen LogP contribution < -0.4 is 10.5 Å². The van der Waals surface area contributed by atoms with Crippen molar-refractivity contribution in [3.8, 4) is 5.75 Å². The summed E-state index contributed by atoms with van der Waals surface area (Å²) in [6, 6.07) is 5.85. The van der Waals surface area contributed by atoms with Crippen molar-refractivity contribution in [3.63, 3.8) is 0 Å². The number of methoxy groups -OCH3 is 1. The molecule has 1 atom stereocenters. The average Bonchev–Trinajstić information content (AvgIpc) is 2.91. The van der Waals surface area contributed by atoms with Crippen LogP contribution >= 0.6 is 0 Å². The Bertz CT molecular complexity index is 372. The van der Waals surface area contributed by atoms with Gasteiger partial charge in [0.2, 0.25) is 0 Å². The molecule has 0 heterocycles.